The van der Waals surface area contributed by atoms with E-state index in [0.717, 1.165) is 5.82 Å². The van der Waals surface area contributed by atoms with Gasteiger partial charge in [0.25, 0.3) is 0 Å². The summed E-state index contributed by atoms with van der Waals surface area (Å²) < 4.78 is 0. The summed E-state index contributed by atoms with van der Waals surface area (Å²) in [5, 5.41) is 0. The number of nitrogens with zero attached hydrogens (tertiary/aromatic N) is 2. The van der Waals surface area contributed by atoms with Crippen LogP contribution in [0.25, 0.3) is 0 Å². The maximum atomic E-state index is 4.10. The van der Waals surface area contributed by atoms with E-state index in [1.54, 1.807) is 12.4 Å². The molecule has 0 spiro atoms. The van der Waals surface area contributed by atoms with Crippen molar-refractivity contribution in [3.05, 3.63) is 37.0 Å². The lowest BCUT2D eigenvalue weighted by atomic mass is 10.4. The van der Waals surface area contributed by atoms with Gasteiger partial charge in [0.2, 0.25) is 0 Å². The molecule has 1 rings (SSSR count). The average molecular weight is 134 g/mol. The molecular weight excluding hydrogens is 124 g/mol. The molecule has 0 aromatic carbocycles. The minimum Gasteiger partial charge on any atom is -0.309 e. The highest BCUT2D eigenvalue weighted by atomic mass is 15.2. The van der Waals surface area contributed by atoms with Crippen LogP contribution in [0.1, 0.15) is 6.92 Å². The average Bonchev–Trinajstić information content (AvgIpc) is 2.04. The molecule has 2 nitrogen and oxygen atoms in total. The van der Waals surface area contributed by atoms with E-state index in [9.17, 15) is 0 Å². The fourth-order valence-electron chi connectivity index (χ4n) is 0.772. The van der Waals surface area contributed by atoms with Crippen LogP contribution in [0.2, 0.25) is 0 Å². The van der Waals surface area contributed by atoms with Crippen molar-refractivity contribution in [1.29, 1.82) is 0 Å². The van der Waals surface area contributed by atoms with Crippen molar-refractivity contribution in [2.24, 2.45) is 4.99 Å². The summed E-state index contributed by atoms with van der Waals surface area (Å²) >= 11 is 0. The summed E-state index contributed by atoms with van der Waals surface area (Å²) in [5.74, 6) is 0.914. The molecule has 0 radical (unpaired) electrons. The van der Waals surface area contributed by atoms with Gasteiger partial charge in [-0.25, -0.2) is 4.99 Å². The van der Waals surface area contributed by atoms with Crippen LogP contribution in [0.15, 0.2) is 41.9 Å². The van der Waals surface area contributed by atoms with Crippen LogP contribution in [-0.4, -0.2) is 11.1 Å². The smallest absolute Gasteiger partial charge is 0.132 e. The molecule has 0 saturated carbocycles. The molecule has 1 aliphatic rings. The topological polar surface area (TPSA) is 15.6 Å². The number of aliphatic imine (C=N–C) groups is 1. The molecule has 2 heteroatoms. The minimum absolute atomic E-state index is 0.914. The van der Waals surface area contributed by atoms with Gasteiger partial charge in [0, 0.05) is 18.6 Å². The van der Waals surface area contributed by atoms with Crippen LogP contribution in [0, 0.1) is 0 Å². The van der Waals surface area contributed by atoms with Gasteiger partial charge >= 0.3 is 0 Å². The molecule has 0 bridgehead atoms. The van der Waals surface area contributed by atoms with Gasteiger partial charge in [-0.2, -0.15) is 0 Å². The van der Waals surface area contributed by atoms with Gasteiger partial charge < -0.3 is 4.90 Å². The lowest BCUT2D eigenvalue weighted by Crippen LogP contribution is -2.09. The Labute approximate surface area is 60.9 Å². The number of hydrogen-bond acceptors (Lipinski definition) is 2. The SMILES string of the molecule is C=CN1C=CC=N/C1=C/C. The molecule has 52 valence electrons. The van der Waals surface area contributed by atoms with Crippen molar-refractivity contribution >= 4 is 6.21 Å². The molecule has 0 N–H and O–H groups in total. The summed E-state index contributed by atoms with van der Waals surface area (Å²) in [6, 6.07) is 0. The molecular formula is C8H10N2. The predicted octanol–water partition coefficient (Wildman–Crippen LogP) is 1.89. The normalized spacial score (nSPS) is 20.1. The number of rotatable bonds is 1. The predicted molar refractivity (Wildman–Crippen MR) is 43.4 cm³/mol. The highest BCUT2D eigenvalue weighted by molar-refractivity contribution is 5.73. The largest absolute Gasteiger partial charge is 0.309 e. The first kappa shape index (κ1) is 6.81. The first-order valence-electron chi connectivity index (χ1n) is 3.16. The summed E-state index contributed by atoms with van der Waals surface area (Å²) in [7, 11) is 0. The summed E-state index contributed by atoms with van der Waals surface area (Å²) in [4.78, 5) is 5.97. The second-order valence-corrected chi connectivity index (χ2v) is 1.86. The molecule has 1 heterocycles. The third kappa shape index (κ3) is 1.16. The van der Waals surface area contributed by atoms with Gasteiger partial charge in [-0.3, -0.25) is 0 Å². The van der Waals surface area contributed by atoms with Gasteiger partial charge in [0.15, 0.2) is 0 Å². The van der Waals surface area contributed by atoms with E-state index in [0.29, 0.717) is 0 Å². The zero-order valence-electron chi connectivity index (χ0n) is 5.99. The van der Waals surface area contributed by atoms with E-state index in [2.05, 4.69) is 11.6 Å². The van der Waals surface area contributed by atoms with Crippen LogP contribution in [0.4, 0.5) is 0 Å². The quantitative estimate of drug-likeness (QED) is 0.534. The second-order valence-electron chi connectivity index (χ2n) is 1.86. The molecule has 0 unspecified atom stereocenters. The van der Waals surface area contributed by atoms with Crippen molar-refractivity contribution in [3.8, 4) is 0 Å². The van der Waals surface area contributed by atoms with Gasteiger partial charge in [-0.1, -0.05) is 6.58 Å². The van der Waals surface area contributed by atoms with Crippen LogP contribution in [0.5, 0.6) is 0 Å². The zero-order valence-corrected chi connectivity index (χ0v) is 5.99. The van der Waals surface area contributed by atoms with E-state index in [1.807, 2.05) is 30.2 Å². The maximum absolute atomic E-state index is 4.10. The summed E-state index contributed by atoms with van der Waals surface area (Å²) in [6.07, 6.45) is 9.20. The highest BCUT2D eigenvalue weighted by Gasteiger charge is 2.00. The Morgan fingerprint density at radius 1 is 1.70 bits per heavy atom. The Kier molecular flexibility index (Phi) is 2.05. The van der Waals surface area contributed by atoms with Crippen molar-refractivity contribution in [1.82, 2.24) is 4.90 Å². The molecule has 10 heavy (non-hydrogen) atoms. The van der Waals surface area contributed by atoms with Crippen LogP contribution < -0.4 is 0 Å². The number of allylic oxidation sites excluding steroid dienone is 2. The molecule has 0 saturated heterocycles. The summed E-state index contributed by atoms with van der Waals surface area (Å²) in [6.45, 7) is 5.59. The number of hydrogen-bond donors (Lipinski definition) is 0. The van der Waals surface area contributed by atoms with Crippen molar-refractivity contribution < 1.29 is 0 Å². The van der Waals surface area contributed by atoms with E-state index >= 15 is 0 Å². The third-order valence-electron chi connectivity index (χ3n) is 1.26. The molecule has 0 aromatic rings. The lowest BCUT2D eigenvalue weighted by Gasteiger charge is -2.16. The standard InChI is InChI=1S/C8H10N2/c1-3-8-9-6-5-7-10(8)4-2/h3-7H,2H2,1H3/b8-3-. The minimum atomic E-state index is 0.914. The van der Waals surface area contributed by atoms with Crippen LogP contribution in [-0.2, 0) is 0 Å². The van der Waals surface area contributed by atoms with E-state index in [1.165, 1.54) is 0 Å². The molecule has 1 aliphatic heterocycles. The molecule has 0 atom stereocenters. The third-order valence-corrected chi connectivity index (χ3v) is 1.26. The van der Waals surface area contributed by atoms with Crippen molar-refractivity contribution in [2.75, 3.05) is 0 Å². The molecule has 0 aliphatic carbocycles. The Hall–Kier alpha value is -1.31. The van der Waals surface area contributed by atoms with Gasteiger partial charge in [-0.15, -0.1) is 0 Å². The van der Waals surface area contributed by atoms with Crippen molar-refractivity contribution in [2.45, 2.75) is 6.92 Å². The van der Waals surface area contributed by atoms with E-state index in [4.69, 9.17) is 0 Å². The Morgan fingerprint density at radius 2 is 2.50 bits per heavy atom. The maximum Gasteiger partial charge on any atom is 0.132 e. The zero-order chi connectivity index (χ0) is 7.40. The highest BCUT2D eigenvalue weighted by Crippen LogP contribution is 2.09. The Bertz CT molecular complexity index is 211. The van der Waals surface area contributed by atoms with Crippen LogP contribution >= 0.6 is 0 Å². The summed E-state index contributed by atoms with van der Waals surface area (Å²) in [5.41, 5.74) is 0. The fraction of sp³-hybridized carbons (Fsp3) is 0.125. The fourth-order valence-corrected chi connectivity index (χ4v) is 0.772. The molecule has 0 aromatic heterocycles. The Morgan fingerprint density at radius 3 is 3.00 bits per heavy atom. The van der Waals surface area contributed by atoms with E-state index < -0.39 is 0 Å². The molecule has 0 fully saturated rings. The lowest BCUT2D eigenvalue weighted by molar-refractivity contribution is 0.617. The van der Waals surface area contributed by atoms with Gasteiger partial charge in [0.05, 0.1) is 0 Å². The monoisotopic (exact) mass is 134 g/mol. The van der Waals surface area contributed by atoms with Gasteiger partial charge in [-0.05, 0) is 19.1 Å². The van der Waals surface area contributed by atoms with Crippen molar-refractivity contribution in [3.63, 3.8) is 0 Å². The second kappa shape index (κ2) is 3.01. The van der Waals surface area contributed by atoms with Gasteiger partial charge in [0.1, 0.15) is 5.82 Å². The van der Waals surface area contributed by atoms with E-state index in [-0.39, 0.29) is 0 Å². The Balaban J connectivity index is 2.83. The first-order chi connectivity index (χ1) is 4.88. The van der Waals surface area contributed by atoms with Crippen LogP contribution in [0.3, 0.4) is 0 Å². The first-order valence-corrected chi connectivity index (χ1v) is 3.16. The molecule has 0 amide bonds.